The van der Waals surface area contributed by atoms with Crippen LogP contribution in [0.3, 0.4) is 0 Å². The first-order valence-corrected chi connectivity index (χ1v) is 6.26. The molecular weight excluding hydrogens is 254 g/mol. The van der Waals surface area contributed by atoms with Crippen LogP contribution in [0.25, 0.3) is 22.4 Å². The summed E-state index contributed by atoms with van der Waals surface area (Å²) in [4.78, 5) is 11.9. The van der Waals surface area contributed by atoms with Crippen LogP contribution < -0.4 is 9.47 Å². The van der Waals surface area contributed by atoms with Gasteiger partial charge in [0.2, 0.25) is 0 Å². The van der Waals surface area contributed by atoms with Crippen LogP contribution in [-0.4, -0.2) is 29.2 Å². The summed E-state index contributed by atoms with van der Waals surface area (Å²) in [7, 11) is 3.25. The van der Waals surface area contributed by atoms with Gasteiger partial charge in [-0.05, 0) is 25.1 Å². The second-order valence-electron chi connectivity index (χ2n) is 4.45. The van der Waals surface area contributed by atoms with Crippen LogP contribution in [-0.2, 0) is 0 Å². The van der Waals surface area contributed by atoms with Crippen molar-refractivity contribution in [3.05, 3.63) is 36.2 Å². The fourth-order valence-electron chi connectivity index (χ4n) is 2.31. The quantitative estimate of drug-likeness (QED) is 0.794. The van der Waals surface area contributed by atoms with E-state index in [0.717, 1.165) is 28.0 Å². The van der Waals surface area contributed by atoms with E-state index in [-0.39, 0.29) is 0 Å². The Hall–Kier alpha value is -2.56. The summed E-state index contributed by atoms with van der Waals surface area (Å²) in [6, 6.07) is 5.82. The summed E-state index contributed by atoms with van der Waals surface area (Å²) in [6.45, 7) is 2.03. The van der Waals surface area contributed by atoms with Gasteiger partial charge in [0.1, 0.15) is 5.52 Å². The number of H-pyrrole nitrogens is 1. The lowest BCUT2D eigenvalue weighted by atomic mass is 10.1. The van der Waals surface area contributed by atoms with Gasteiger partial charge in [-0.2, -0.15) is 0 Å². The molecule has 0 radical (unpaired) electrons. The van der Waals surface area contributed by atoms with Gasteiger partial charge in [0.15, 0.2) is 17.1 Å². The summed E-state index contributed by atoms with van der Waals surface area (Å²) < 4.78 is 10.6. The molecule has 0 unspecified atom stereocenters. The smallest absolute Gasteiger partial charge is 0.161 e. The lowest BCUT2D eigenvalue weighted by molar-refractivity contribution is 0.355. The first-order chi connectivity index (χ1) is 9.74. The number of methoxy groups -OCH3 is 2. The average Bonchev–Trinajstić information content (AvgIpc) is 2.84. The van der Waals surface area contributed by atoms with E-state index in [1.807, 2.05) is 25.1 Å². The SMILES string of the molecule is COc1ccc(-c2[nH]c3nccnc3c2C)cc1OC. The average molecular weight is 269 g/mol. The molecule has 0 aliphatic rings. The van der Waals surface area contributed by atoms with Crippen molar-refractivity contribution in [1.82, 2.24) is 15.0 Å². The molecule has 3 rings (SSSR count). The second kappa shape index (κ2) is 4.85. The Labute approximate surface area is 116 Å². The normalized spacial score (nSPS) is 10.8. The van der Waals surface area contributed by atoms with Crippen molar-refractivity contribution in [2.45, 2.75) is 6.92 Å². The summed E-state index contributed by atoms with van der Waals surface area (Å²) in [6.07, 6.45) is 3.37. The third kappa shape index (κ3) is 1.87. The van der Waals surface area contributed by atoms with Crippen LogP contribution >= 0.6 is 0 Å². The maximum atomic E-state index is 5.34. The zero-order valence-corrected chi connectivity index (χ0v) is 11.6. The molecule has 0 amide bonds. The predicted octanol–water partition coefficient (Wildman–Crippen LogP) is 2.95. The van der Waals surface area contributed by atoms with Gasteiger partial charge in [0.05, 0.1) is 19.9 Å². The molecule has 0 atom stereocenters. The number of nitrogens with one attached hydrogen (secondary N) is 1. The lowest BCUT2D eigenvalue weighted by Crippen LogP contribution is -1.91. The number of nitrogens with zero attached hydrogens (tertiary/aromatic N) is 2. The second-order valence-corrected chi connectivity index (χ2v) is 4.45. The van der Waals surface area contributed by atoms with Crippen molar-refractivity contribution in [3.63, 3.8) is 0 Å². The molecule has 0 aliphatic carbocycles. The summed E-state index contributed by atoms with van der Waals surface area (Å²) in [5, 5.41) is 0. The zero-order valence-electron chi connectivity index (χ0n) is 11.6. The Morgan fingerprint density at radius 3 is 2.45 bits per heavy atom. The maximum Gasteiger partial charge on any atom is 0.161 e. The summed E-state index contributed by atoms with van der Waals surface area (Å²) >= 11 is 0. The van der Waals surface area contributed by atoms with Gasteiger partial charge in [-0.3, -0.25) is 4.98 Å². The molecule has 0 bridgehead atoms. The fraction of sp³-hybridized carbons (Fsp3) is 0.200. The van der Waals surface area contributed by atoms with Crippen LogP contribution in [0.15, 0.2) is 30.6 Å². The predicted molar refractivity (Wildman–Crippen MR) is 77.2 cm³/mol. The number of aromatic amines is 1. The fourth-order valence-corrected chi connectivity index (χ4v) is 2.31. The van der Waals surface area contributed by atoms with Crippen LogP contribution in [0.1, 0.15) is 5.56 Å². The monoisotopic (exact) mass is 269 g/mol. The maximum absolute atomic E-state index is 5.34. The molecule has 1 aromatic carbocycles. The molecule has 0 fully saturated rings. The van der Waals surface area contributed by atoms with Gasteiger partial charge in [-0.25, -0.2) is 4.98 Å². The van der Waals surface area contributed by atoms with Crippen molar-refractivity contribution in [1.29, 1.82) is 0 Å². The number of hydrogen-bond acceptors (Lipinski definition) is 4. The minimum atomic E-state index is 0.698. The molecule has 0 saturated heterocycles. The van der Waals surface area contributed by atoms with Crippen LogP contribution in [0.2, 0.25) is 0 Å². The Kier molecular flexibility index (Phi) is 3.02. The molecule has 2 heterocycles. The number of ether oxygens (including phenoxy) is 2. The molecule has 1 N–H and O–H groups in total. The lowest BCUT2D eigenvalue weighted by Gasteiger charge is -2.09. The highest BCUT2D eigenvalue weighted by Gasteiger charge is 2.13. The molecule has 0 aliphatic heterocycles. The number of aromatic nitrogens is 3. The van der Waals surface area contributed by atoms with E-state index in [9.17, 15) is 0 Å². The third-order valence-corrected chi connectivity index (χ3v) is 3.34. The van der Waals surface area contributed by atoms with E-state index in [1.165, 1.54) is 0 Å². The standard InChI is InChI=1S/C15H15N3O2/c1-9-13(18-15-14(9)16-6-7-17-15)10-4-5-11(19-2)12(8-10)20-3/h4-8H,1-3H3,(H,17,18). The van der Waals surface area contributed by atoms with Crippen LogP contribution in [0, 0.1) is 6.92 Å². The van der Waals surface area contributed by atoms with Crippen molar-refractivity contribution in [2.75, 3.05) is 14.2 Å². The van der Waals surface area contributed by atoms with Gasteiger partial charge in [0, 0.05) is 23.5 Å². The third-order valence-electron chi connectivity index (χ3n) is 3.34. The Morgan fingerprint density at radius 2 is 1.75 bits per heavy atom. The first kappa shape index (κ1) is 12.5. The van der Waals surface area contributed by atoms with Crippen molar-refractivity contribution >= 4 is 11.2 Å². The highest BCUT2D eigenvalue weighted by Crippen LogP contribution is 2.34. The van der Waals surface area contributed by atoms with E-state index >= 15 is 0 Å². The van der Waals surface area contributed by atoms with E-state index in [4.69, 9.17) is 9.47 Å². The molecule has 0 saturated carbocycles. The van der Waals surface area contributed by atoms with E-state index in [1.54, 1.807) is 26.6 Å². The summed E-state index contributed by atoms with van der Waals surface area (Å²) in [5.41, 5.74) is 4.75. The highest BCUT2D eigenvalue weighted by molar-refractivity contribution is 5.85. The van der Waals surface area contributed by atoms with Crippen molar-refractivity contribution < 1.29 is 9.47 Å². The van der Waals surface area contributed by atoms with Gasteiger partial charge in [0.25, 0.3) is 0 Å². The van der Waals surface area contributed by atoms with Gasteiger partial charge in [-0.15, -0.1) is 0 Å². The molecule has 20 heavy (non-hydrogen) atoms. The topological polar surface area (TPSA) is 60.0 Å². The number of benzene rings is 1. The largest absolute Gasteiger partial charge is 0.493 e. The van der Waals surface area contributed by atoms with Crippen molar-refractivity contribution in [2.24, 2.45) is 0 Å². The van der Waals surface area contributed by atoms with Gasteiger partial charge in [-0.1, -0.05) is 0 Å². The van der Waals surface area contributed by atoms with Crippen molar-refractivity contribution in [3.8, 4) is 22.8 Å². The molecule has 2 aromatic heterocycles. The number of rotatable bonds is 3. The minimum absolute atomic E-state index is 0.698. The molecule has 102 valence electrons. The number of aryl methyl sites for hydroxylation is 1. The van der Waals surface area contributed by atoms with E-state index in [0.29, 0.717) is 11.5 Å². The first-order valence-electron chi connectivity index (χ1n) is 6.26. The minimum Gasteiger partial charge on any atom is -0.493 e. The van der Waals surface area contributed by atoms with Crippen LogP contribution in [0.5, 0.6) is 11.5 Å². The Morgan fingerprint density at radius 1 is 1.00 bits per heavy atom. The zero-order chi connectivity index (χ0) is 14.1. The number of fused-ring (bicyclic) bond motifs is 1. The van der Waals surface area contributed by atoms with Gasteiger partial charge >= 0.3 is 0 Å². The number of hydrogen-bond donors (Lipinski definition) is 1. The molecule has 3 aromatic rings. The molecular formula is C15H15N3O2. The van der Waals surface area contributed by atoms with E-state index in [2.05, 4.69) is 15.0 Å². The molecule has 5 nitrogen and oxygen atoms in total. The molecule has 5 heteroatoms. The summed E-state index contributed by atoms with van der Waals surface area (Å²) in [5.74, 6) is 1.41. The highest BCUT2D eigenvalue weighted by atomic mass is 16.5. The van der Waals surface area contributed by atoms with Gasteiger partial charge < -0.3 is 14.5 Å². The van der Waals surface area contributed by atoms with E-state index < -0.39 is 0 Å². The Bertz CT molecular complexity index is 765. The van der Waals surface area contributed by atoms with Crippen LogP contribution in [0.4, 0.5) is 0 Å². The Balaban J connectivity index is 2.18. The molecule has 0 spiro atoms.